The molecule has 1 aliphatic rings. The Hall–Kier alpha value is -1.62. The van der Waals surface area contributed by atoms with Crippen LogP contribution in [0.5, 0.6) is 0 Å². The summed E-state index contributed by atoms with van der Waals surface area (Å²) >= 11 is 0. The number of piperidine rings is 1. The van der Waals surface area contributed by atoms with Crippen LogP contribution in [0, 0.1) is 0 Å². The normalized spacial score (nSPS) is 21.5. The Morgan fingerprint density at radius 3 is 3.17 bits per heavy atom. The van der Waals surface area contributed by atoms with Gasteiger partial charge >= 0.3 is 0 Å². The summed E-state index contributed by atoms with van der Waals surface area (Å²) in [7, 11) is 2.19. The lowest BCUT2D eigenvalue weighted by molar-refractivity contribution is 0.182. The van der Waals surface area contributed by atoms with Crippen LogP contribution < -0.4 is 5.73 Å². The molecule has 5 heteroatoms. The molecule has 0 saturated carbocycles. The largest absolute Gasteiger partial charge is 0.399 e. The SMILES string of the molecule is CN1CCCCC1Cc1nc2cc(N)ccn2n1. The molecule has 1 unspecified atom stereocenters. The van der Waals surface area contributed by atoms with Crippen molar-refractivity contribution in [2.24, 2.45) is 0 Å². The molecule has 1 aliphatic heterocycles. The van der Waals surface area contributed by atoms with E-state index in [0.717, 1.165) is 23.6 Å². The Bertz CT molecular complexity index is 547. The summed E-state index contributed by atoms with van der Waals surface area (Å²) in [6.45, 7) is 1.19. The molecule has 1 saturated heterocycles. The van der Waals surface area contributed by atoms with Gasteiger partial charge in [0.25, 0.3) is 0 Å². The van der Waals surface area contributed by atoms with Crippen molar-refractivity contribution >= 4 is 11.3 Å². The Morgan fingerprint density at radius 1 is 1.44 bits per heavy atom. The molecule has 3 rings (SSSR count). The first-order valence-corrected chi connectivity index (χ1v) is 6.53. The summed E-state index contributed by atoms with van der Waals surface area (Å²) in [5, 5.41) is 4.51. The number of nitrogen functional groups attached to an aromatic ring is 1. The number of nitrogens with zero attached hydrogens (tertiary/aromatic N) is 4. The monoisotopic (exact) mass is 245 g/mol. The minimum atomic E-state index is 0.577. The number of fused-ring (bicyclic) bond motifs is 1. The fourth-order valence-corrected chi connectivity index (χ4v) is 2.64. The minimum absolute atomic E-state index is 0.577. The van der Waals surface area contributed by atoms with Gasteiger partial charge in [0, 0.05) is 30.4 Å². The zero-order valence-electron chi connectivity index (χ0n) is 10.7. The van der Waals surface area contributed by atoms with E-state index in [2.05, 4.69) is 22.0 Å². The molecule has 0 spiro atoms. The number of anilines is 1. The van der Waals surface area contributed by atoms with Crippen LogP contribution in [-0.4, -0.2) is 39.1 Å². The number of likely N-dealkylation sites (tertiary alicyclic amines) is 1. The van der Waals surface area contributed by atoms with Crippen LogP contribution in [0.15, 0.2) is 18.3 Å². The fourth-order valence-electron chi connectivity index (χ4n) is 2.64. The maximum atomic E-state index is 5.75. The topological polar surface area (TPSA) is 59.5 Å². The number of nitrogens with two attached hydrogens (primary N) is 1. The van der Waals surface area contributed by atoms with Gasteiger partial charge in [-0.3, -0.25) is 0 Å². The third kappa shape index (κ3) is 2.18. The number of rotatable bonds is 2. The van der Waals surface area contributed by atoms with Gasteiger partial charge in [0.2, 0.25) is 0 Å². The lowest BCUT2D eigenvalue weighted by Gasteiger charge is -2.31. The summed E-state index contributed by atoms with van der Waals surface area (Å²) in [4.78, 5) is 6.97. The molecule has 2 aromatic rings. The molecule has 3 heterocycles. The molecule has 96 valence electrons. The molecular formula is C13H19N5. The number of pyridine rings is 1. The second-order valence-corrected chi connectivity index (χ2v) is 5.13. The number of likely N-dealkylation sites (N-methyl/N-ethyl adjacent to an activating group) is 1. The van der Waals surface area contributed by atoms with Gasteiger partial charge in [-0.2, -0.15) is 5.10 Å². The number of hydrogen-bond acceptors (Lipinski definition) is 4. The second kappa shape index (κ2) is 4.57. The van der Waals surface area contributed by atoms with E-state index < -0.39 is 0 Å². The fraction of sp³-hybridized carbons (Fsp3) is 0.538. The van der Waals surface area contributed by atoms with E-state index in [9.17, 15) is 0 Å². The first-order chi connectivity index (χ1) is 8.72. The molecule has 5 nitrogen and oxygen atoms in total. The van der Waals surface area contributed by atoms with Gasteiger partial charge in [-0.05, 0) is 32.5 Å². The highest BCUT2D eigenvalue weighted by Crippen LogP contribution is 2.18. The molecule has 1 atom stereocenters. The lowest BCUT2D eigenvalue weighted by atomic mass is 10.00. The van der Waals surface area contributed by atoms with Crippen molar-refractivity contribution < 1.29 is 0 Å². The third-order valence-corrected chi connectivity index (χ3v) is 3.75. The van der Waals surface area contributed by atoms with Crippen LogP contribution in [0.2, 0.25) is 0 Å². The van der Waals surface area contributed by atoms with Crippen LogP contribution in [-0.2, 0) is 6.42 Å². The summed E-state index contributed by atoms with van der Waals surface area (Å²) in [5.74, 6) is 0.916. The van der Waals surface area contributed by atoms with E-state index in [1.165, 1.54) is 25.8 Å². The number of hydrogen-bond donors (Lipinski definition) is 1. The maximum Gasteiger partial charge on any atom is 0.157 e. The summed E-state index contributed by atoms with van der Waals surface area (Å²) in [6, 6.07) is 4.28. The molecule has 0 bridgehead atoms. The average Bonchev–Trinajstić information content (AvgIpc) is 2.73. The summed E-state index contributed by atoms with van der Waals surface area (Å²) in [5.41, 5.74) is 7.32. The highest BCUT2D eigenvalue weighted by Gasteiger charge is 2.20. The second-order valence-electron chi connectivity index (χ2n) is 5.13. The number of aromatic nitrogens is 3. The van der Waals surface area contributed by atoms with E-state index in [4.69, 9.17) is 5.73 Å². The van der Waals surface area contributed by atoms with Crippen molar-refractivity contribution in [3.05, 3.63) is 24.2 Å². The Labute approximate surface area is 107 Å². The van der Waals surface area contributed by atoms with E-state index >= 15 is 0 Å². The smallest absolute Gasteiger partial charge is 0.157 e. The van der Waals surface area contributed by atoms with E-state index in [1.807, 2.05) is 18.3 Å². The van der Waals surface area contributed by atoms with Crippen LogP contribution in [0.1, 0.15) is 25.1 Å². The third-order valence-electron chi connectivity index (χ3n) is 3.75. The zero-order valence-corrected chi connectivity index (χ0v) is 10.7. The maximum absolute atomic E-state index is 5.75. The van der Waals surface area contributed by atoms with Gasteiger partial charge in [0.15, 0.2) is 11.5 Å². The van der Waals surface area contributed by atoms with Crippen molar-refractivity contribution in [3.63, 3.8) is 0 Å². The van der Waals surface area contributed by atoms with Gasteiger partial charge < -0.3 is 10.6 Å². The summed E-state index contributed by atoms with van der Waals surface area (Å²) < 4.78 is 1.80. The van der Waals surface area contributed by atoms with Crippen molar-refractivity contribution in [2.75, 3.05) is 19.3 Å². The van der Waals surface area contributed by atoms with Crippen molar-refractivity contribution in [1.29, 1.82) is 0 Å². The van der Waals surface area contributed by atoms with Crippen LogP contribution >= 0.6 is 0 Å². The van der Waals surface area contributed by atoms with Crippen LogP contribution in [0.25, 0.3) is 5.65 Å². The lowest BCUT2D eigenvalue weighted by Crippen LogP contribution is -2.37. The highest BCUT2D eigenvalue weighted by atomic mass is 15.3. The Morgan fingerprint density at radius 2 is 2.33 bits per heavy atom. The van der Waals surface area contributed by atoms with Crippen molar-refractivity contribution in [3.8, 4) is 0 Å². The molecular weight excluding hydrogens is 226 g/mol. The van der Waals surface area contributed by atoms with Gasteiger partial charge in [-0.1, -0.05) is 6.42 Å². The van der Waals surface area contributed by atoms with Crippen molar-refractivity contribution in [2.45, 2.75) is 31.7 Å². The molecule has 1 fully saturated rings. The molecule has 0 aromatic carbocycles. The molecule has 0 aliphatic carbocycles. The Kier molecular flexibility index (Phi) is 2.91. The first kappa shape index (κ1) is 11.5. The highest BCUT2D eigenvalue weighted by molar-refractivity contribution is 5.50. The molecule has 2 aromatic heterocycles. The molecule has 2 N–H and O–H groups in total. The van der Waals surface area contributed by atoms with Crippen LogP contribution in [0.3, 0.4) is 0 Å². The van der Waals surface area contributed by atoms with E-state index in [1.54, 1.807) is 4.52 Å². The quantitative estimate of drug-likeness (QED) is 0.867. The van der Waals surface area contributed by atoms with Gasteiger partial charge in [-0.25, -0.2) is 9.50 Å². The van der Waals surface area contributed by atoms with Crippen molar-refractivity contribution in [1.82, 2.24) is 19.5 Å². The van der Waals surface area contributed by atoms with Gasteiger partial charge in [0.05, 0.1) is 0 Å². The standard InChI is InChI=1S/C13H19N5/c1-17-6-3-2-4-11(17)9-12-15-13-8-10(14)5-7-18(13)16-12/h5,7-8,11H,2-4,6,9,14H2,1H3. The van der Waals surface area contributed by atoms with E-state index in [0.29, 0.717) is 6.04 Å². The van der Waals surface area contributed by atoms with E-state index in [-0.39, 0.29) is 0 Å². The predicted molar refractivity (Wildman–Crippen MR) is 71.4 cm³/mol. The molecule has 18 heavy (non-hydrogen) atoms. The van der Waals surface area contributed by atoms with Crippen LogP contribution in [0.4, 0.5) is 5.69 Å². The molecule has 0 amide bonds. The van der Waals surface area contributed by atoms with Gasteiger partial charge in [-0.15, -0.1) is 0 Å². The molecule has 0 radical (unpaired) electrons. The van der Waals surface area contributed by atoms with Gasteiger partial charge in [0.1, 0.15) is 0 Å². The average molecular weight is 245 g/mol. The zero-order chi connectivity index (χ0) is 12.5. The summed E-state index contributed by atoms with van der Waals surface area (Å²) in [6.07, 6.45) is 6.66. The Balaban J connectivity index is 1.81. The predicted octanol–water partition coefficient (Wildman–Crippen LogP) is 1.34. The first-order valence-electron chi connectivity index (χ1n) is 6.53. The minimum Gasteiger partial charge on any atom is -0.399 e.